The van der Waals surface area contributed by atoms with Crippen molar-refractivity contribution in [2.75, 3.05) is 19.6 Å². The van der Waals surface area contributed by atoms with Crippen LogP contribution in [0.2, 0.25) is 0 Å². The van der Waals surface area contributed by atoms with Gasteiger partial charge in [0.2, 0.25) is 5.89 Å². The highest BCUT2D eigenvalue weighted by molar-refractivity contribution is 7.86. The first-order chi connectivity index (χ1) is 17.1. The lowest BCUT2D eigenvalue weighted by atomic mass is 9.86. The van der Waals surface area contributed by atoms with Crippen molar-refractivity contribution in [3.05, 3.63) is 83.5 Å². The molecule has 8 heteroatoms. The Morgan fingerprint density at radius 1 is 0.886 bits per heavy atom. The first-order valence-electron chi connectivity index (χ1n) is 12.8. The molecule has 5 rings (SSSR count). The molecule has 2 aromatic carbocycles. The van der Waals surface area contributed by atoms with Gasteiger partial charge in [0.1, 0.15) is 6.04 Å². The largest absolute Gasteiger partial charge is 0.338 e. The summed E-state index contributed by atoms with van der Waals surface area (Å²) in [6.45, 7) is 1.62. The van der Waals surface area contributed by atoms with E-state index in [4.69, 9.17) is 9.51 Å². The van der Waals surface area contributed by atoms with Gasteiger partial charge in [-0.25, -0.2) is 0 Å². The van der Waals surface area contributed by atoms with Gasteiger partial charge in [-0.05, 0) is 55.6 Å². The lowest BCUT2D eigenvalue weighted by Crippen LogP contribution is -2.49. The number of aryl methyl sites for hydroxylation is 2. The molecule has 0 amide bonds. The molecule has 0 N–H and O–H groups in total. The van der Waals surface area contributed by atoms with Crippen LogP contribution in [0.3, 0.4) is 0 Å². The van der Waals surface area contributed by atoms with Crippen molar-refractivity contribution in [2.24, 2.45) is 0 Å². The fraction of sp³-hybridized carbons (Fsp3) is 0.481. The van der Waals surface area contributed by atoms with E-state index in [9.17, 15) is 8.42 Å². The normalized spacial score (nSPS) is 22.3. The summed E-state index contributed by atoms with van der Waals surface area (Å²) in [5, 5.41) is 4.23. The highest BCUT2D eigenvalue weighted by Gasteiger charge is 2.43. The minimum atomic E-state index is -3.59. The Kier molecular flexibility index (Phi) is 7.60. The number of aromatic nitrogens is 2. The maximum atomic E-state index is 13.7. The van der Waals surface area contributed by atoms with E-state index in [1.54, 1.807) is 8.61 Å². The van der Waals surface area contributed by atoms with E-state index < -0.39 is 16.3 Å². The minimum absolute atomic E-state index is 0.252. The third-order valence-electron chi connectivity index (χ3n) is 7.24. The van der Waals surface area contributed by atoms with Crippen LogP contribution < -0.4 is 0 Å². The Hall–Kier alpha value is -2.55. The Morgan fingerprint density at radius 3 is 2.34 bits per heavy atom. The van der Waals surface area contributed by atoms with E-state index in [2.05, 4.69) is 29.4 Å². The summed E-state index contributed by atoms with van der Waals surface area (Å²) in [5.74, 6) is 1.32. The molecule has 35 heavy (non-hydrogen) atoms. The van der Waals surface area contributed by atoms with Crippen LogP contribution in [0.4, 0.5) is 0 Å². The van der Waals surface area contributed by atoms with Crippen LogP contribution in [0, 0.1) is 0 Å². The van der Waals surface area contributed by atoms with Gasteiger partial charge in [0.25, 0.3) is 10.2 Å². The van der Waals surface area contributed by atoms with E-state index >= 15 is 0 Å². The highest BCUT2D eigenvalue weighted by atomic mass is 32.2. The van der Waals surface area contributed by atoms with Gasteiger partial charge < -0.3 is 4.52 Å². The molecule has 2 fully saturated rings. The Morgan fingerprint density at radius 2 is 1.60 bits per heavy atom. The summed E-state index contributed by atoms with van der Waals surface area (Å²) in [4.78, 5) is 4.70. The van der Waals surface area contributed by atoms with Crippen LogP contribution in [0.15, 0.2) is 65.2 Å². The van der Waals surface area contributed by atoms with Crippen molar-refractivity contribution < 1.29 is 12.9 Å². The molecule has 2 aliphatic rings. The maximum absolute atomic E-state index is 13.7. The molecule has 0 radical (unpaired) electrons. The van der Waals surface area contributed by atoms with Crippen molar-refractivity contribution in [3.8, 4) is 0 Å². The van der Waals surface area contributed by atoms with Crippen molar-refractivity contribution in [3.63, 3.8) is 0 Å². The van der Waals surface area contributed by atoms with Crippen LogP contribution in [-0.4, -0.2) is 46.8 Å². The van der Waals surface area contributed by atoms with E-state index in [0.717, 1.165) is 38.5 Å². The SMILES string of the molecule is O=S(=O)(N1CCCCC1)N1CC[C@H](c2ccccc2)C[C@H]1c1nc(CCCc2ccccc2)no1. The van der Waals surface area contributed by atoms with Crippen molar-refractivity contribution in [1.82, 2.24) is 18.8 Å². The number of rotatable bonds is 8. The predicted molar refractivity (Wildman–Crippen MR) is 135 cm³/mol. The monoisotopic (exact) mass is 494 g/mol. The fourth-order valence-electron chi connectivity index (χ4n) is 5.32. The Labute approximate surface area is 208 Å². The van der Waals surface area contributed by atoms with Crippen molar-refractivity contribution >= 4 is 10.2 Å². The third-order valence-corrected chi connectivity index (χ3v) is 9.29. The summed E-state index contributed by atoms with van der Waals surface area (Å²) in [6, 6.07) is 20.2. The standard InChI is InChI=1S/C27H34N4O3S/c32-35(33,30-18-8-3-9-19-30)31-20-17-24(23-14-6-2-7-15-23)21-25(31)27-28-26(29-34-27)16-10-13-22-11-4-1-5-12-22/h1-2,4-7,11-12,14-15,24-25H,3,8-10,13,16-21H2/t24-,25-/m0/s1. The average Bonchev–Trinajstić information content (AvgIpc) is 3.39. The number of hydrogen-bond acceptors (Lipinski definition) is 5. The zero-order valence-corrected chi connectivity index (χ0v) is 20.9. The van der Waals surface area contributed by atoms with E-state index in [1.165, 1.54) is 11.1 Å². The van der Waals surface area contributed by atoms with Gasteiger partial charge >= 0.3 is 0 Å². The van der Waals surface area contributed by atoms with Crippen LogP contribution in [0.5, 0.6) is 0 Å². The van der Waals surface area contributed by atoms with E-state index in [1.807, 2.05) is 36.4 Å². The summed E-state index contributed by atoms with van der Waals surface area (Å²) >= 11 is 0. The first kappa shape index (κ1) is 24.2. The van der Waals surface area contributed by atoms with Crippen molar-refractivity contribution in [1.29, 1.82) is 0 Å². The molecule has 7 nitrogen and oxygen atoms in total. The molecule has 2 atom stereocenters. The Bertz CT molecular complexity index is 1180. The average molecular weight is 495 g/mol. The lowest BCUT2D eigenvalue weighted by Gasteiger charge is -2.40. The number of nitrogens with zero attached hydrogens (tertiary/aromatic N) is 4. The molecule has 0 aliphatic carbocycles. The van der Waals surface area contributed by atoms with Gasteiger partial charge in [0.05, 0.1) is 0 Å². The third kappa shape index (κ3) is 5.66. The van der Waals surface area contributed by atoms with Crippen LogP contribution in [0.25, 0.3) is 0 Å². The molecule has 0 bridgehead atoms. The second kappa shape index (κ2) is 11.0. The second-order valence-electron chi connectivity index (χ2n) is 9.61. The van der Waals surface area contributed by atoms with Crippen molar-refractivity contribution in [2.45, 2.75) is 63.3 Å². The molecular weight excluding hydrogens is 460 g/mol. The second-order valence-corrected chi connectivity index (χ2v) is 11.5. The molecule has 3 heterocycles. The van der Waals surface area contributed by atoms with Gasteiger partial charge in [-0.1, -0.05) is 72.2 Å². The number of benzene rings is 2. The molecule has 0 spiro atoms. The van der Waals surface area contributed by atoms with Gasteiger partial charge in [0, 0.05) is 26.1 Å². The lowest BCUT2D eigenvalue weighted by molar-refractivity contribution is 0.174. The van der Waals surface area contributed by atoms with Gasteiger partial charge in [0.15, 0.2) is 5.82 Å². The molecule has 2 aliphatic heterocycles. The smallest absolute Gasteiger partial charge is 0.282 e. The first-order valence-corrected chi connectivity index (χ1v) is 14.2. The van der Waals surface area contributed by atoms with Crippen LogP contribution in [0.1, 0.15) is 73.3 Å². The van der Waals surface area contributed by atoms with E-state index in [0.29, 0.717) is 44.2 Å². The topological polar surface area (TPSA) is 79.5 Å². The molecule has 0 saturated carbocycles. The minimum Gasteiger partial charge on any atom is -0.338 e. The number of hydrogen-bond donors (Lipinski definition) is 0. The van der Waals surface area contributed by atoms with Crippen LogP contribution >= 0.6 is 0 Å². The number of piperidine rings is 2. The van der Waals surface area contributed by atoms with E-state index in [-0.39, 0.29) is 5.92 Å². The zero-order chi connectivity index (χ0) is 24.1. The van der Waals surface area contributed by atoms with Gasteiger partial charge in [-0.15, -0.1) is 0 Å². The molecule has 186 valence electrons. The summed E-state index contributed by atoms with van der Waals surface area (Å²) in [7, 11) is -3.59. The fourth-order valence-corrected chi connectivity index (χ4v) is 7.17. The molecule has 0 unspecified atom stereocenters. The predicted octanol–water partition coefficient (Wildman–Crippen LogP) is 4.90. The van der Waals surface area contributed by atoms with Crippen LogP contribution in [-0.2, 0) is 23.1 Å². The highest BCUT2D eigenvalue weighted by Crippen LogP contribution is 2.41. The molecule has 2 saturated heterocycles. The molecule has 3 aromatic rings. The Balaban J connectivity index is 1.35. The summed E-state index contributed by atoms with van der Waals surface area (Å²) in [6.07, 6.45) is 6.89. The zero-order valence-electron chi connectivity index (χ0n) is 20.1. The summed E-state index contributed by atoms with van der Waals surface area (Å²) in [5.41, 5.74) is 2.52. The van der Waals surface area contributed by atoms with Gasteiger partial charge in [-0.2, -0.15) is 22.0 Å². The van der Waals surface area contributed by atoms with Gasteiger partial charge in [-0.3, -0.25) is 0 Å². The maximum Gasteiger partial charge on any atom is 0.282 e. The quantitative estimate of drug-likeness (QED) is 0.445. The summed E-state index contributed by atoms with van der Waals surface area (Å²) < 4.78 is 36.3. The molecular formula is C27H34N4O3S. The molecule has 1 aromatic heterocycles.